The summed E-state index contributed by atoms with van der Waals surface area (Å²) in [5.74, 6) is 0.588. The van der Waals surface area contributed by atoms with Crippen LogP contribution in [-0.2, 0) is 9.47 Å². The second-order valence-electron chi connectivity index (χ2n) is 6.76. The van der Waals surface area contributed by atoms with Gasteiger partial charge in [-0.2, -0.15) is 5.10 Å². The average Bonchev–Trinajstić information content (AvgIpc) is 3.31. The van der Waals surface area contributed by atoms with Gasteiger partial charge in [0.1, 0.15) is 11.4 Å². The molecule has 0 spiro atoms. The highest BCUT2D eigenvalue weighted by atomic mass is 16.7. The summed E-state index contributed by atoms with van der Waals surface area (Å²) in [6.07, 6.45) is -0.538. The van der Waals surface area contributed by atoms with Crippen molar-refractivity contribution >= 4 is 5.91 Å². The molecule has 0 bridgehead atoms. The number of carbonyl (C=O) groups is 1. The Kier molecular flexibility index (Phi) is 5.33. The molecule has 7 heteroatoms. The van der Waals surface area contributed by atoms with Crippen LogP contribution in [0.15, 0.2) is 54.6 Å². The number of carbonyl (C=O) groups excluding carboxylic acids is 1. The maximum Gasteiger partial charge on any atom is 0.273 e. The first-order chi connectivity index (χ1) is 14.2. The molecule has 1 unspecified atom stereocenters. The lowest BCUT2D eigenvalue weighted by molar-refractivity contribution is -0.113. The number of hydrogen-bond donors (Lipinski definition) is 1. The van der Waals surface area contributed by atoms with Crippen LogP contribution in [0.5, 0.6) is 5.75 Å². The van der Waals surface area contributed by atoms with Gasteiger partial charge in [-0.15, -0.1) is 0 Å². The topological polar surface area (TPSA) is 76.7 Å². The zero-order valence-electron chi connectivity index (χ0n) is 16.6. The van der Waals surface area contributed by atoms with Crippen molar-refractivity contribution in [2.45, 2.75) is 12.3 Å². The number of hydrogen-bond acceptors (Lipinski definition) is 5. The summed E-state index contributed by atoms with van der Waals surface area (Å²) in [6.45, 7) is 0.282. The number of nitrogens with one attached hydrogen (secondary N) is 1. The van der Waals surface area contributed by atoms with Crippen LogP contribution in [0, 0.1) is 0 Å². The van der Waals surface area contributed by atoms with E-state index in [1.165, 1.54) is 0 Å². The van der Waals surface area contributed by atoms with Crippen LogP contribution < -0.4 is 4.74 Å². The number of benzene rings is 2. The van der Waals surface area contributed by atoms with E-state index in [0.29, 0.717) is 5.69 Å². The van der Waals surface area contributed by atoms with Crippen molar-refractivity contribution in [1.29, 1.82) is 0 Å². The summed E-state index contributed by atoms with van der Waals surface area (Å²) in [4.78, 5) is 15.0. The van der Waals surface area contributed by atoms with Crippen LogP contribution in [0.1, 0.15) is 27.7 Å². The van der Waals surface area contributed by atoms with Crippen LogP contribution >= 0.6 is 0 Å². The van der Waals surface area contributed by atoms with Gasteiger partial charge in [-0.3, -0.25) is 9.89 Å². The Morgan fingerprint density at radius 3 is 2.52 bits per heavy atom. The van der Waals surface area contributed by atoms with Crippen molar-refractivity contribution in [1.82, 2.24) is 15.1 Å². The molecule has 1 aromatic heterocycles. The molecule has 4 rings (SSSR count). The van der Waals surface area contributed by atoms with Gasteiger partial charge in [-0.25, -0.2) is 0 Å². The maximum absolute atomic E-state index is 13.3. The molecule has 0 saturated carbocycles. The average molecular weight is 393 g/mol. The van der Waals surface area contributed by atoms with Crippen LogP contribution in [0.25, 0.3) is 11.3 Å². The number of H-pyrrole nitrogens is 1. The summed E-state index contributed by atoms with van der Waals surface area (Å²) in [5.41, 5.74) is 3.97. The molecule has 7 nitrogen and oxygen atoms in total. The Bertz CT molecular complexity index is 998. The van der Waals surface area contributed by atoms with Gasteiger partial charge in [0.05, 0.1) is 25.4 Å². The molecule has 0 saturated heterocycles. The molecule has 1 atom stereocenters. The molecule has 29 heavy (non-hydrogen) atoms. The lowest BCUT2D eigenvalue weighted by atomic mass is 9.96. The SMILES string of the molecule is COc1cccc(C2c3c(-c4ccccc4)n[nH]c3C(=O)N2CC(OC)OC)c1. The first-order valence-electron chi connectivity index (χ1n) is 9.32. The third-order valence-electron chi connectivity index (χ3n) is 5.19. The molecule has 1 aliphatic rings. The third kappa shape index (κ3) is 3.39. The molecule has 150 valence electrons. The second-order valence-corrected chi connectivity index (χ2v) is 6.76. The Morgan fingerprint density at radius 2 is 1.83 bits per heavy atom. The fourth-order valence-corrected chi connectivity index (χ4v) is 3.77. The zero-order chi connectivity index (χ0) is 20.4. The van der Waals surface area contributed by atoms with Gasteiger partial charge in [-0.05, 0) is 17.7 Å². The molecule has 0 fully saturated rings. The quantitative estimate of drug-likeness (QED) is 0.624. The lowest BCUT2D eigenvalue weighted by Crippen LogP contribution is -2.38. The maximum atomic E-state index is 13.3. The van der Waals surface area contributed by atoms with Crippen molar-refractivity contribution in [3.05, 3.63) is 71.4 Å². The lowest BCUT2D eigenvalue weighted by Gasteiger charge is -2.29. The van der Waals surface area contributed by atoms with Crippen LogP contribution in [-0.4, -0.2) is 55.2 Å². The Balaban J connectivity index is 1.85. The van der Waals surface area contributed by atoms with Gasteiger partial charge in [0.2, 0.25) is 0 Å². The molecular formula is C22H23N3O4. The van der Waals surface area contributed by atoms with E-state index in [2.05, 4.69) is 10.2 Å². The van der Waals surface area contributed by atoms with Gasteiger partial charge in [0.25, 0.3) is 5.91 Å². The van der Waals surface area contributed by atoms with Crippen molar-refractivity contribution < 1.29 is 19.0 Å². The standard InChI is InChI=1S/C22H23N3O4/c1-27-16-11-7-10-15(12-16)21-18-19(14-8-5-4-6-9-14)23-24-20(18)22(26)25(21)13-17(28-2)29-3/h4-12,17,21H,13H2,1-3H3,(H,23,24). The number of aromatic amines is 1. The van der Waals surface area contributed by atoms with E-state index >= 15 is 0 Å². The highest BCUT2D eigenvalue weighted by molar-refractivity contribution is 6.00. The van der Waals surface area contributed by atoms with Crippen LogP contribution in [0.4, 0.5) is 0 Å². The zero-order valence-corrected chi connectivity index (χ0v) is 16.6. The summed E-state index contributed by atoms with van der Waals surface area (Å²) in [7, 11) is 4.75. The Hall–Kier alpha value is -3.16. The van der Waals surface area contributed by atoms with Gasteiger partial charge in [0, 0.05) is 25.3 Å². The monoisotopic (exact) mass is 393 g/mol. The molecule has 1 N–H and O–H groups in total. The fraction of sp³-hybridized carbons (Fsp3) is 0.273. The van der Waals surface area contributed by atoms with E-state index < -0.39 is 6.29 Å². The molecule has 0 aliphatic carbocycles. The minimum absolute atomic E-state index is 0.137. The molecule has 2 heterocycles. The predicted molar refractivity (Wildman–Crippen MR) is 108 cm³/mol. The molecule has 2 aromatic carbocycles. The van der Waals surface area contributed by atoms with E-state index in [-0.39, 0.29) is 18.5 Å². The first-order valence-corrected chi connectivity index (χ1v) is 9.32. The van der Waals surface area contributed by atoms with Crippen LogP contribution in [0.3, 0.4) is 0 Å². The number of methoxy groups -OCH3 is 3. The predicted octanol–water partition coefficient (Wildman–Crippen LogP) is 3.25. The highest BCUT2D eigenvalue weighted by Gasteiger charge is 2.43. The van der Waals surface area contributed by atoms with E-state index in [9.17, 15) is 4.79 Å². The number of amides is 1. The van der Waals surface area contributed by atoms with E-state index in [0.717, 1.165) is 28.1 Å². The first kappa shape index (κ1) is 19.2. The fourth-order valence-electron chi connectivity index (χ4n) is 3.77. The molecule has 3 aromatic rings. The van der Waals surface area contributed by atoms with Gasteiger partial charge >= 0.3 is 0 Å². The number of rotatable bonds is 7. The van der Waals surface area contributed by atoms with Crippen molar-refractivity contribution in [2.75, 3.05) is 27.9 Å². The third-order valence-corrected chi connectivity index (χ3v) is 5.19. The largest absolute Gasteiger partial charge is 0.497 e. The van der Waals surface area contributed by atoms with E-state index in [1.54, 1.807) is 26.2 Å². The minimum Gasteiger partial charge on any atom is -0.497 e. The number of nitrogens with zero attached hydrogens (tertiary/aromatic N) is 2. The van der Waals surface area contributed by atoms with E-state index in [1.807, 2.05) is 54.6 Å². The Morgan fingerprint density at radius 1 is 1.07 bits per heavy atom. The number of ether oxygens (including phenoxy) is 3. The highest BCUT2D eigenvalue weighted by Crippen LogP contribution is 2.43. The Labute approximate surface area is 169 Å². The van der Waals surface area contributed by atoms with Gasteiger partial charge < -0.3 is 19.1 Å². The molecular weight excluding hydrogens is 370 g/mol. The van der Waals surface area contributed by atoms with Crippen LogP contribution in [0.2, 0.25) is 0 Å². The smallest absolute Gasteiger partial charge is 0.273 e. The number of aromatic nitrogens is 2. The summed E-state index contributed by atoms with van der Waals surface area (Å²) >= 11 is 0. The van der Waals surface area contributed by atoms with Crippen molar-refractivity contribution in [2.24, 2.45) is 0 Å². The van der Waals surface area contributed by atoms with Gasteiger partial charge in [0.15, 0.2) is 6.29 Å². The summed E-state index contributed by atoms with van der Waals surface area (Å²) in [6, 6.07) is 17.2. The minimum atomic E-state index is -0.538. The normalized spacial score (nSPS) is 15.8. The second kappa shape index (κ2) is 8.06. The summed E-state index contributed by atoms with van der Waals surface area (Å²) < 4.78 is 16.1. The van der Waals surface area contributed by atoms with E-state index in [4.69, 9.17) is 14.2 Å². The van der Waals surface area contributed by atoms with Gasteiger partial charge in [-0.1, -0.05) is 42.5 Å². The molecule has 1 aliphatic heterocycles. The van der Waals surface area contributed by atoms with Crippen molar-refractivity contribution in [3.8, 4) is 17.0 Å². The molecule has 1 amide bonds. The summed E-state index contributed by atoms with van der Waals surface area (Å²) in [5, 5.41) is 7.41. The number of fused-ring (bicyclic) bond motifs is 1. The van der Waals surface area contributed by atoms with Crippen molar-refractivity contribution in [3.63, 3.8) is 0 Å². The molecule has 0 radical (unpaired) electrons.